The first-order valence-electron chi connectivity index (χ1n) is 6.90. The Hall–Kier alpha value is -2.93. The molecule has 0 radical (unpaired) electrons. The standard InChI is InChI=1S/C15H11ClN6O/c16-14-17-7-12-13(21-14)22(15(23)20-12)8-9-1-3-10(4-2-9)11-5-18-19-6-11/h1-7H,8H2,(H,18,19)(H,20,23). The molecule has 0 aliphatic carbocycles. The van der Waals surface area contributed by atoms with Crippen molar-refractivity contribution in [2.75, 3.05) is 0 Å². The van der Waals surface area contributed by atoms with Gasteiger partial charge in [-0.05, 0) is 22.7 Å². The number of nitrogens with zero attached hydrogens (tertiary/aromatic N) is 4. The SMILES string of the molecule is O=c1[nH]c2cnc(Cl)nc2n1Cc1ccc(-c2cn[nH]c2)cc1. The van der Waals surface area contributed by atoms with Gasteiger partial charge < -0.3 is 4.98 Å². The van der Waals surface area contributed by atoms with E-state index in [2.05, 4.69) is 25.1 Å². The number of hydrogen-bond acceptors (Lipinski definition) is 4. The van der Waals surface area contributed by atoms with Gasteiger partial charge in [-0.1, -0.05) is 24.3 Å². The first-order chi connectivity index (χ1) is 11.2. The normalized spacial score (nSPS) is 11.2. The van der Waals surface area contributed by atoms with Crippen molar-refractivity contribution >= 4 is 22.8 Å². The average Bonchev–Trinajstić information content (AvgIpc) is 3.18. The van der Waals surface area contributed by atoms with E-state index in [1.54, 1.807) is 6.20 Å². The first-order valence-corrected chi connectivity index (χ1v) is 7.27. The second kappa shape index (κ2) is 5.36. The lowest BCUT2D eigenvalue weighted by atomic mass is 10.1. The van der Waals surface area contributed by atoms with E-state index < -0.39 is 0 Å². The van der Waals surface area contributed by atoms with Gasteiger partial charge in [0.1, 0.15) is 5.52 Å². The molecule has 0 atom stereocenters. The van der Waals surface area contributed by atoms with Crippen LogP contribution in [0.3, 0.4) is 0 Å². The molecule has 3 heterocycles. The van der Waals surface area contributed by atoms with Crippen LogP contribution in [-0.4, -0.2) is 29.7 Å². The third-order valence-electron chi connectivity index (χ3n) is 3.61. The fourth-order valence-corrected chi connectivity index (χ4v) is 2.59. The van der Waals surface area contributed by atoms with Gasteiger partial charge in [0.25, 0.3) is 0 Å². The highest BCUT2D eigenvalue weighted by Crippen LogP contribution is 2.19. The topological polar surface area (TPSA) is 92.2 Å². The van der Waals surface area contributed by atoms with Gasteiger partial charge in [0.15, 0.2) is 5.65 Å². The molecule has 0 saturated heterocycles. The van der Waals surface area contributed by atoms with Crippen LogP contribution >= 0.6 is 11.6 Å². The van der Waals surface area contributed by atoms with E-state index in [0.717, 1.165) is 16.7 Å². The molecule has 0 fully saturated rings. The summed E-state index contributed by atoms with van der Waals surface area (Å²) in [6.07, 6.45) is 5.10. The molecule has 114 valence electrons. The van der Waals surface area contributed by atoms with Crippen LogP contribution in [0, 0.1) is 0 Å². The van der Waals surface area contributed by atoms with Crippen molar-refractivity contribution in [2.45, 2.75) is 6.54 Å². The minimum absolute atomic E-state index is 0.112. The maximum Gasteiger partial charge on any atom is 0.328 e. The third-order valence-corrected chi connectivity index (χ3v) is 3.79. The molecule has 3 aromatic heterocycles. The van der Waals surface area contributed by atoms with E-state index in [1.165, 1.54) is 10.8 Å². The number of benzene rings is 1. The Morgan fingerprint density at radius 2 is 1.96 bits per heavy atom. The van der Waals surface area contributed by atoms with Crippen LogP contribution in [0.15, 0.2) is 47.7 Å². The van der Waals surface area contributed by atoms with Crippen molar-refractivity contribution in [2.24, 2.45) is 0 Å². The van der Waals surface area contributed by atoms with Gasteiger partial charge in [-0.15, -0.1) is 0 Å². The third kappa shape index (κ3) is 2.51. The fraction of sp³-hybridized carbons (Fsp3) is 0.0667. The number of H-pyrrole nitrogens is 2. The zero-order valence-electron chi connectivity index (χ0n) is 11.8. The minimum atomic E-state index is -0.240. The summed E-state index contributed by atoms with van der Waals surface area (Å²) in [4.78, 5) is 22.8. The van der Waals surface area contributed by atoms with Crippen LogP contribution in [0.4, 0.5) is 0 Å². The van der Waals surface area contributed by atoms with Gasteiger partial charge in [0, 0.05) is 11.8 Å². The van der Waals surface area contributed by atoms with Gasteiger partial charge in [0.05, 0.1) is 18.9 Å². The summed E-state index contributed by atoms with van der Waals surface area (Å²) >= 11 is 5.82. The lowest BCUT2D eigenvalue weighted by molar-refractivity contribution is 0.777. The number of aromatic amines is 2. The molecule has 1 aromatic carbocycles. The summed E-state index contributed by atoms with van der Waals surface area (Å²) in [6, 6.07) is 7.91. The molecule has 0 bridgehead atoms. The molecule has 0 aliphatic heterocycles. The van der Waals surface area contributed by atoms with Crippen molar-refractivity contribution in [3.8, 4) is 11.1 Å². The van der Waals surface area contributed by atoms with Crippen molar-refractivity contribution < 1.29 is 0 Å². The van der Waals surface area contributed by atoms with Crippen molar-refractivity contribution in [3.63, 3.8) is 0 Å². The number of hydrogen-bond donors (Lipinski definition) is 2. The first kappa shape index (κ1) is 13.7. The highest BCUT2D eigenvalue weighted by molar-refractivity contribution is 6.28. The number of imidazole rings is 1. The monoisotopic (exact) mass is 326 g/mol. The van der Waals surface area contributed by atoms with Gasteiger partial charge in [-0.2, -0.15) is 10.1 Å². The summed E-state index contributed by atoms with van der Waals surface area (Å²) in [5.41, 5.74) is 3.87. The summed E-state index contributed by atoms with van der Waals surface area (Å²) < 4.78 is 1.54. The zero-order valence-corrected chi connectivity index (χ0v) is 12.6. The number of halogens is 1. The largest absolute Gasteiger partial charge is 0.328 e. The molecule has 4 rings (SSSR count). The summed E-state index contributed by atoms with van der Waals surface area (Å²) in [5, 5.41) is 6.83. The van der Waals surface area contributed by atoms with Crippen molar-refractivity contribution in [3.05, 3.63) is 64.2 Å². The Labute approximate surface area is 135 Å². The number of rotatable bonds is 3. The summed E-state index contributed by atoms with van der Waals surface area (Å²) in [6.45, 7) is 0.401. The van der Waals surface area contributed by atoms with Gasteiger partial charge in [0.2, 0.25) is 5.28 Å². The smallest absolute Gasteiger partial charge is 0.303 e. The Morgan fingerprint density at radius 1 is 1.13 bits per heavy atom. The van der Waals surface area contributed by atoms with Crippen LogP contribution < -0.4 is 5.69 Å². The Morgan fingerprint density at radius 3 is 2.70 bits per heavy atom. The average molecular weight is 327 g/mol. The van der Waals surface area contributed by atoms with E-state index in [-0.39, 0.29) is 11.0 Å². The van der Waals surface area contributed by atoms with Crippen LogP contribution in [0.2, 0.25) is 5.28 Å². The zero-order chi connectivity index (χ0) is 15.8. The molecule has 0 amide bonds. The molecule has 7 nitrogen and oxygen atoms in total. The van der Waals surface area contributed by atoms with E-state index in [4.69, 9.17) is 11.6 Å². The van der Waals surface area contributed by atoms with Gasteiger partial charge in [-0.3, -0.25) is 9.67 Å². The maximum absolute atomic E-state index is 12.1. The van der Waals surface area contributed by atoms with Crippen molar-refractivity contribution in [1.29, 1.82) is 0 Å². The molecular weight excluding hydrogens is 316 g/mol. The highest BCUT2D eigenvalue weighted by atomic mass is 35.5. The molecule has 0 unspecified atom stereocenters. The Kier molecular flexibility index (Phi) is 3.20. The van der Waals surface area contributed by atoms with Crippen LogP contribution in [0.5, 0.6) is 0 Å². The van der Waals surface area contributed by atoms with E-state index >= 15 is 0 Å². The van der Waals surface area contributed by atoms with Crippen LogP contribution in [0.25, 0.3) is 22.3 Å². The predicted octanol–water partition coefficient (Wildman–Crippen LogP) is 2.21. The number of nitrogens with one attached hydrogen (secondary N) is 2. The molecule has 4 aromatic rings. The quantitative estimate of drug-likeness (QED) is 0.565. The molecule has 0 aliphatic rings. The second-order valence-corrected chi connectivity index (χ2v) is 5.41. The lowest BCUT2D eigenvalue weighted by Crippen LogP contribution is -2.17. The summed E-state index contributed by atoms with van der Waals surface area (Å²) in [5.74, 6) is 0. The predicted molar refractivity (Wildman–Crippen MR) is 86.3 cm³/mol. The Bertz CT molecular complexity index is 1020. The van der Waals surface area contributed by atoms with E-state index in [0.29, 0.717) is 17.7 Å². The molecule has 8 heteroatoms. The summed E-state index contributed by atoms with van der Waals surface area (Å²) in [7, 11) is 0. The molecular formula is C15H11ClN6O. The lowest BCUT2D eigenvalue weighted by Gasteiger charge is -2.04. The van der Waals surface area contributed by atoms with Crippen molar-refractivity contribution in [1.82, 2.24) is 29.7 Å². The van der Waals surface area contributed by atoms with E-state index in [9.17, 15) is 4.79 Å². The maximum atomic E-state index is 12.1. The highest BCUT2D eigenvalue weighted by Gasteiger charge is 2.10. The molecule has 0 spiro atoms. The number of aromatic nitrogens is 6. The van der Waals surface area contributed by atoms with Crippen LogP contribution in [-0.2, 0) is 6.54 Å². The van der Waals surface area contributed by atoms with Gasteiger partial charge in [-0.25, -0.2) is 9.78 Å². The molecule has 23 heavy (non-hydrogen) atoms. The molecule has 0 saturated carbocycles. The number of fused-ring (bicyclic) bond motifs is 1. The minimum Gasteiger partial charge on any atom is -0.303 e. The van der Waals surface area contributed by atoms with E-state index in [1.807, 2.05) is 30.5 Å². The van der Waals surface area contributed by atoms with Crippen LogP contribution in [0.1, 0.15) is 5.56 Å². The second-order valence-electron chi connectivity index (χ2n) is 5.08. The fourth-order valence-electron chi connectivity index (χ4n) is 2.47. The molecule has 2 N–H and O–H groups in total. The van der Waals surface area contributed by atoms with Gasteiger partial charge >= 0.3 is 5.69 Å². The Balaban J connectivity index is 1.69.